The molecule has 8 aromatic carbocycles. The van der Waals surface area contributed by atoms with Crippen LogP contribution in [0.15, 0.2) is 207 Å². The second-order valence-electron chi connectivity index (χ2n) is 17.6. The number of fused-ring (bicyclic) bond motifs is 17. The Morgan fingerprint density at radius 1 is 0.397 bits per heavy atom. The second kappa shape index (κ2) is 13.5. The number of hydrogen-bond donors (Lipinski definition) is 0. The van der Waals surface area contributed by atoms with Crippen molar-refractivity contribution in [2.75, 3.05) is 4.90 Å². The number of anilines is 3. The van der Waals surface area contributed by atoms with Gasteiger partial charge >= 0.3 is 0 Å². The SMILES string of the molecule is [C-]#[N+]c1ccc2c(c1)c1ccccc1n2-c1ccc2c(c1)Oc1cc(-n3c4ccccc4c4cc(N5c6ccccc6Oc6ccccc65)ccc43)ccc1C21c2cccnc2-c2ncccc21. The number of aromatic nitrogens is 4. The molecule has 0 saturated heterocycles. The third kappa shape index (κ3) is 4.81. The summed E-state index contributed by atoms with van der Waals surface area (Å²) in [5.41, 5.74) is 15.0. The van der Waals surface area contributed by atoms with E-state index >= 15 is 0 Å². The van der Waals surface area contributed by atoms with Gasteiger partial charge in [0, 0.05) is 68.9 Å². The third-order valence-corrected chi connectivity index (χ3v) is 14.3. The van der Waals surface area contributed by atoms with Gasteiger partial charge in [-0.05, 0) is 108 Å². The van der Waals surface area contributed by atoms with Crippen molar-refractivity contribution in [3.8, 4) is 45.8 Å². The molecule has 0 radical (unpaired) electrons. The first-order chi connectivity index (χ1) is 33.7. The average Bonchev–Trinajstić information content (AvgIpc) is 4.01. The van der Waals surface area contributed by atoms with Crippen LogP contribution in [0.2, 0.25) is 0 Å². The van der Waals surface area contributed by atoms with Gasteiger partial charge in [0.25, 0.3) is 0 Å². The summed E-state index contributed by atoms with van der Waals surface area (Å²) in [6, 6.07) is 67.9. The monoisotopic (exact) mass is 870 g/mol. The lowest BCUT2D eigenvalue weighted by Gasteiger charge is -2.39. The summed E-state index contributed by atoms with van der Waals surface area (Å²) < 4.78 is 18.3. The van der Waals surface area contributed by atoms with Crippen LogP contribution in [0, 0.1) is 6.57 Å². The van der Waals surface area contributed by atoms with Crippen LogP contribution in [0.5, 0.6) is 23.0 Å². The second-order valence-corrected chi connectivity index (χ2v) is 17.6. The normalized spacial score (nSPS) is 13.6. The lowest BCUT2D eigenvalue weighted by Crippen LogP contribution is -2.32. The molecule has 8 heteroatoms. The third-order valence-electron chi connectivity index (χ3n) is 14.3. The van der Waals surface area contributed by atoms with E-state index in [1.165, 1.54) is 0 Å². The van der Waals surface area contributed by atoms with E-state index in [0.29, 0.717) is 5.69 Å². The maximum absolute atomic E-state index is 7.76. The van der Waals surface area contributed by atoms with E-state index in [0.717, 1.165) is 129 Å². The van der Waals surface area contributed by atoms with E-state index in [2.05, 4.69) is 164 Å². The van der Waals surface area contributed by atoms with Gasteiger partial charge in [0.05, 0.1) is 56.8 Å². The topological polar surface area (TPSA) is 61.7 Å². The van der Waals surface area contributed by atoms with Gasteiger partial charge in [0.2, 0.25) is 0 Å². The molecule has 0 N–H and O–H groups in total. The number of pyridine rings is 2. The molecule has 15 rings (SSSR count). The van der Waals surface area contributed by atoms with Crippen LogP contribution in [0.3, 0.4) is 0 Å². The minimum atomic E-state index is -0.765. The van der Waals surface area contributed by atoms with Crippen molar-refractivity contribution in [1.82, 2.24) is 19.1 Å². The molecular weight excluding hydrogens is 837 g/mol. The van der Waals surface area contributed by atoms with Gasteiger partial charge in [-0.15, -0.1) is 0 Å². The number of ether oxygens (including phenoxy) is 2. The molecule has 8 nitrogen and oxygen atoms in total. The number of hydrogen-bond acceptors (Lipinski definition) is 5. The maximum atomic E-state index is 7.76. The molecule has 0 saturated carbocycles. The van der Waals surface area contributed by atoms with Gasteiger partial charge in [-0.3, -0.25) is 9.97 Å². The Balaban J connectivity index is 0.951. The maximum Gasteiger partial charge on any atom is 0.188 e. The van der Waals surface area contributed by atoms with Crippen molar-refractivity contribution in [3.05, 3.63) is 240 Å². The van der Waals surface area contributed by atoms with Gasteiger partial charge in [0.1, 0.15) is 11.5 Å². The van der Waals surface area contributed by atoms with Crippen molar-refractivity contribution in [2.24, 2.45) is 0 Å². The molecule has 12 aromatic rings. The minimum Gasteiger partial charge on any atom is -0.457 e. The zero-order valence-electron chi connectivity index (χ0n) is 36.1. The van der Waals surface area contributed by atoms with E-state index in [1.54, 1.807) is 0 Å². The molecule has 6 heterocycles. The van der Waals surface area contributed by atoms with Crippen LogP contribution < -0.4 is 14.4 Å². The predicted octanol–water partition coefficient (Wildman–Crippen LogP) is 15.3. The van der Waals surface area contributed by atoms with Gasteiger partial charge in [-0.1, -0.05) is 91.0 Å². The number of benzene rings is 8. The number of rotatable bonds is 3. The summed E-state index contributed by atoms with van der Waals surface area (Å²) in [6.07, 6.45) is 3.71. The molecule has 0 atom stereocenters. The van der Waals surface area contributed by atoms with Crippen LogP contribution in [0.1, 0.15) is 22.3 Å². The Morgan fingerprint density at radius 2 is 0.882 bits per heavy atom. The summed E-state index contributed by atoms with van der Waals surface area (Å²) in [4.78, 5) is 16.0. The molecule has 0 fully saturated rings. The predicted molar refractivity (Wildman–Crippen MR) is 269 cm³/mol. The van der Waals surface area contributed by atoms with Crippen molar-refractivity contribution >= 4 is 66.4 Å². The lowest BCUT2D eigenvalue weighted by atomic mass is 9.66. The van der Waals surface area contributed by atoms with Crippen LogP contribution in [0.25, 0.3) is 71.2 Å². The highest BCUT2D eigenvalue weighted by Gasteiger charge is 2.52. The fraction of sp³-hybridized carbons (Fsp3) is 0.0167. The van der Waals surface area contributed by atoms with Gasteiger partial charge < -0.3 is 23.5 Å². The van der Waals surface area contributed by atoms with Gasteiger partial charge in [-0.25, -0.2) is 4.85 Å². The highest BCUT2D eigenvalue weighted by atomic mass is 16.5. The number of para-hydroxylation sites is 6. The first-order valence-corrected chi connectivity index (χ1v) is 22.7. The molecule has 0 unspecified atom stereocenters. The quantitative estimate of drug-likeness (QED) is 0.166. The molecule has 316 valence electrons. The standard InChI is InChI=1S/C60H34N6O2/c1-61-36-22-28-50-42(32-36)40-12-2-4-16-48(40)64(50)38-23-26-44-56(34-38)68-57-35-39(24-27-45(57)60(44)46-14-10-30-62-58(46)59-47(60)15-11-31-63-59)65-49-17-5-3-13-41(49)43-33-37(25-29-51(43)65)66-52-18-6-8-20-54(52)67-55-21-9-7-19-53(55)66/h2-35H. The Kier molecular flexibility index (Phi) is 7.34. The Labute approximate surface area is 389 Å². The first-order valence-electron chi connectivity index (χ1n) is 22.7. The minimum absolute atomic E-state index is 0.613. The number of nitrogens with zero attached hydrogens (tertiary/aromatic N) is 6. The molecular formula is C60H34N6O2. The van der Waals surface area contributed by atoms with E-state index in [1.807, 2.05) is 60.9 Å². The Bertz CT molecular complexity index is 4120. The average molecular weight is 871 g/mol. The fourth-order valence-corrected chi connectivity index (χ4v) is 11.5. The van der Waals surface area contributed by atoms with Gasteiger partial charge in [0.15, 0.2) is 17.2 Å². The lowest BCUT2D eigenvalue weighted by molar-refractivity contribution is 0.436. The molecule has 0 amide bonds. The zero-order chi connectivity index (χ0) is 44.7. The molecule has 0 bridgehead atoms. The summed E-state index contributed by atoms with van der Waals surface area (Å²) in [7, 11) is 0. The summed E-state index contributed by atoms with van der Waals surface area (Å²) in [5.74, 6) is 3.14. The zero-order valence-corrected chi connectivity index (χ0v) is 36.1. The van der Waals surface area contributed by atoms with Crippen molar-refractivity contribution in [3.63, 3.8) is 0 Å². The summed E-state index contributed by atoms with van der Waals surface area (Å²) >= 11 is 0. The first kappa shape index (κ1) is 36.8. The van der Waals surface area contributed by atoms with Crippen LogP contribution in [-0.4, -0.2) is 19.1 Å². The van der Waals surface area contributed by atoms with Crippen LogP contribution in [0.4, 0.5) is 22.7 Å². The van der Waals surface area contributed by atoms with Crippen LogP contribution in [-0.2, 0) is 5.41 Å². The molecule has 4 aromatic heterocycles. The van der Waals surface area contributed by atoms with Crippen molar-refractivity contribution in [1.29, 1.82) is 0 Å². The smallest absolute Gasteiger partial charge is 0.188 e. The van der Waals surface area contributed by atoms with Crippen molar-refractivity contribution in [2.45, 2.75) is 5.41 Å². The van der Waals surface area contributed by atoms with E-state index in [4.69, 9.17) is 26.0 Å². The van der Waals surface area contributed by atoms with E-state index in [-0.39, 0.29) is 0 Å². The molecule has 3 aliphatic rings. The fourth-order valence-electron chi connectivity index (χ4n) is 11.5. The van der Waals surface area contributed by atoms with Gasteiger partial charge in [-0.2, -0.15) is 0 Å². The molecule has 2 aliphatic heterocycles. The highest BCUT2D eigenvalue weighted by molar-refractivity contribution is 6.12. The van der Waals surface area contributed by atoms with Crippen LogP contribution >= 0.6 is 0 Å². The Hall–Kier alpha value is -9.45. The summed E-state index contributed by atoms with van der Waals surface area (Å²) in [5, 5.41) is 4.41. The largest absolute Gasteiger partial charge is 0.457 e. The van der Waals surface area contributed by atoms with E-state index in [9.17, 15) is 0 Å². The highest BCUT2D eigenvalue weighted by Crippen LogP contribution is 2.62. The Morgan fingerprint density at radius 3 is 1.47 bits per heavy atom. The van der Waals surface area contributed by atoms with E-state index < -0.39 is 5.41 Å². The summed E-state index contributed by atoms with van der Waals surface area (Å²) in [6.45, 7) is 7.76. The molecule has 68 heavy (non-hydrogen) atoms. The van der Waals surface area contributed by atoms with Crippen molar-refractivity contribution < 1.29 is 9.47 Å². The molecule has 1 aliphatic carbocycles. The molecule has 1 spiro atoms.